The molecule has 0 aromatic heterocycles. The molecule has 0 amide bonds. The summed E-state index contributed by atoms with van der Waals surface area (Å²) in [7, 11) is 0. The number of carbonyl (C=O) groups is 3. The minimum Gasteiger partial charge on any atom is -0.462 e. The number of ether oxygens (including phenoxy) is 3. The molecule has 58 heavy (non-hydrogen) atoms. The summed E-state index contributed by atoms with van der Waals surface area (Å²) in [6, 6.07) is 0. The Morgan fingerprint density at radius 1 is 0.345 bits per heavy atom. The molecule has 0 rings (SSSR count). The Morgan fingerprint density at radius 3 is 1.02 bits per heavy atom. The van der Waals surface area contributed by atoms with Gasteiger partial charge >= 0.3 is 17.9 Å². The van der Waals surface area contributed by atoms with Crippen molar-refractivity contribution in [1.82, 2.24) is 0 Å². The zero-order valence-electron chi connectivity index (χ0n) is 38.3. The summed E-state index contributed by atoms with van der Waals surface area (Å²) in [5, 5.41) is 0. The first-order valence-electron chi connectivity index (χ1n) is 24.6. The van der Waals surface area contributed by atoms with Crippen LogP contribution in [0.3, 0.4) is 0 Å². The van der Waals surface area contributed by atoms with Crippen LogP contribution in [0.15, 0.2) is 48.6 Å². The van der Waals surface area contributed by atoms with Gasteiger partial charge in [-0.1, -0.05) is 191 Å². The zero-order chi connectivity index (χ0) is 42.3. The Hall–Kier alpha value is -2.63. The number of unbranched alkanes of at least 4 members (excludes halogenated alkanes) is 25. The van der Waals surface area contributed by atoms with Crippen molar-refractivity contribution in [2.24, 2.45) is 0 Å². The number of carbonyl (C=O) groups excluding carboxylic acids is 3. The normalized spacial score (nSPS) is 12.4. The second-order valence-electron chi connectivity index (χ2n) is 16.4. The van der Waals surface area contributed by atoms with Gasteiger partial charge in [-0.2, -0.15) is 0 Å². The van der Waals surface area contributed by atoms with Crippen molar-refractivity contribution in [1.29, 1.82) is 0 Å². The van der Waals surface area contributed by atoms with Crippen LogP contribution in [0.4, 0.5) is 0 Å². The summed E-state index contributed by atoms with van der Waals surface area (Å²) >= 11 is 0. The van der Waals surface area contributed by atoms with Crippen molar-refractivity contribution in [3.8, 4) is 0 Å². The van der Waals surface area contributed by atoms with E-state index in [0.29, 0.717) is 19.3 Å². The van der Waals surface area contributed by atoms with Crippen LogP contribution >= 0.6 is 0 Å². The third-order valence-corrected chi connectivity index (χ3v) is 10.6. The first kappa shape index (κ1) is 55.4. The van der Waals surface area contributed by atoms with Crippen molar-refractivity contribution < 1.29 is 28.6 Å². The van der Waals surface area contributed by atoms with E-state index >= 15 is 0 Å². The molecule has 0 aliphatic carbocycles. The van der Waals surface area contributed by atoms with Crippen LogP contribution in [0.5, 0.6) is 0 Å². The van der Waals surface area contributed by atoms with Gasteiger partial charge in [0.1, 0.15) is 13.2 Å². The van der Waals surface area contributed by atoms with Gasteiger partial charge in [0, 0.05) is 19.3 Å². The van der Waals surface area contributed by atoms with Crippen molar-refractivity contribution in [3.05, 3.63) is 48.6 Å². The monoisotopic (exact) mass is 813 g/mol. The molecule has 0 saturated heterocycles. The lowest BCUT2D eigenvalue weighted by molar-refractivity contribution is -0.167. The number of hydrogen-bond acceptors (Lipinski definition) is 6. The molecule has 0 aliphatic rings. The highest BCUT2D eigenvalue weighted by atomic mass is 16.6. The van der Waals surface area contributed by atoms with Crippen molar-refractivity contribution in [3.63, 3.8) is 0 Å². The first-order chi connectivity index (χ1) is 28.5. The van der Waals surface area contributed by atoms with E-state index in [2.05, 4.69) is 69.4 Å². The van der Waals surface area contributed by atoms with Crippen LogP contribution in [0.2, 0.25) is 0 Å². The SMILES string of the molecule is CCCCC/C=C\C/C=C\C/C=C\CCCCCCCCC(=O)OCC(COC(=O)CCCCCCCC)OC(=O)CCCCCCC/C=C\CCCCCCCC. The first-order valence-corrected chi connectivity index (χ1v) is 24.6. The lowest BCUT2D eigenvalue weighted by Gasteiger charge is -2.18. The van der Waals surface area contributed by atoms with E-state index in [1.165, 1.54) is 116 Å². The fourth-order valence-electron chi connectivity index (χ4n) is 6.80. The van der Waals surface area contributed by atoms with E-state index < -0.39 is 6.10 Å². The third-order valence-electron chi connectivity index (χ3n) is 10.6. The van der Waals surface area contributed by atoms with Gasteiger partial charge in [-0.05, 0) is 83.5 Å². The fraction of sp³-hybridized carbons (Fsp3) is 0.788. The van der Waals surface area contributed by atoms with Crippen LogP contribution in [-0.2, 0) is 28.6 Å². The largest absolute Gasteiger partial charge is 0.462 e. The van der Waals surface area contributed by atoms with Crippen molar-refractivity contribution in [2.45, 2.75) is 252 Å². The average Bonchev–Trinajstić information content (AvgIpc) is 3.22. The summed E-state index contributed by atoms with van der Waals surface area (Å²) in [6.45, 7) is 6.53. The van der Waals surface area contributed by atoms with Gasteiger partial charge in [0.25, 0.3) is 0 Å². The Bertz CT molecular complexity index is 1030. The Balaban J connectivity index is 4.26. The van der Waals surface area contributed by atoms with E-state index in [1.54, 1.807) is 0 Å². The van der Waals surface area contributed by atoms with E-state index in [0.717, 1.165) is 89.9 Å². The quantitative estimate of drug-likeness (QED) is 0.0264. The number of rotatable bonds is 44. The molecule has 6 heteroatoms. The predicted molar refractivity (Wildman–Crippen MR) is 247 cm³/mol. The van der Waals surface area contributed by atoms with E-state index in [9.17, 15) is 14.4 Å². The minimum atomic E-state index is -0.777. The van der Waals surface area contributed by atoms with Gasteiger partial charge < -0.3 is 14.2 Å². The molecule has 0 radical (unpaired) electrons. The second kappa shape index (κ2) is 47.1. The highest BCUT2D eigenvalue weighted by Crippen LogP contribution is 2.14. The molecule has 0 saturated carbocycles. The van der Waals surface area contributed by atoms with E-state index in [4.69, 9.17) is 14.2 Å². The maximum Gasteiger partial charge on any atom is 0.306 e. The van der Waals surface area contributed by atoms with Crippen molar-refractivity contribution in [2.75, 3.05) is 13.2 Å². The van der Waals surface area contributed by atoms with Gasteiger partial charge in [0.15, 0.2) is 6.10 Å². The Labute approximate surface area is 358 Å². The lowest BCUT2D eigenvalue weighted by Crippen LogP contribution is -2.30. The maximum atomic E-state index is 12.7. The standard InChI is InChI=1S/C52H92O6/c1-4-7-10-13-16-18-20-22-24-25-26-27-29-30-32-34-36-39-42-45-51(54)57-48-49(47-56-50(53)44-41-38-15-12-9-6-3)58-52(55)46-43-40-37-35-33-31-28-23-21-19-17-14-11-8-5-2/h16,18,22-24,26-28,49H,4-15,17,19-21,25,29-48H2,1-3H3/b18-16-,24-22-,27-26-,28-23-. The fourth-order valence-corrected chi connectivity index (χ4v) is 6.80. The predicted octanol–water partition coefficient (Wildman–Crippen LogP) is 15.9. The van der Waals surface area contributed by atoms with Gasteiger partial charge in [-0.3, -0.25) is 14.4 Å². The molecule has 0 aromatic rings. The molecule has 6 nitrogen and oxygen atoms in total. The summed E-state index contributed by atoms with van der Waals surface area (Å²) in [5.41, 5.74) is 0. The average molecular weight is 813 g/mol. The molecular weight excluding hydrogens is 721 g/mol. The number of allylic oxidation sites excluding steroid dienone is 8. The molecule has 0 spiro atoms. The maximum absolute atomic E-state index is 12.7. The highest BCUT2D eigenvalue weighted by molar-refractivity contribution is 5.71. The molecule has 1 unspecified atom stereocenters. The molecule has 0 bridgehead atoms. The topological polar surface area (TPSA) is 78.9 Å². The van der Waals surface area contributed by atoms with Crippen LogP contribution < -0.4 is 0 Å². The Kier molecular flexibility index (Phi) is 44.9. The Morgan fingerprint density at radius 2 is 0.621 bits per heavy atom. The third kappa shape index (κ3) is 44.5. The number of hydrogen-bond donors (Lipinski definition) is 0. The van der Waals surface area contributed by atoms with Crippen molar-refractivity contribution >= 4 is 17.9 Å². The molecule has 0 aromatic carbocycles. The smallest absolute Gasteiger partial charge is 0.306 e. The zero-order valence-corrected chi connectivity index (χ0v) is 38.3. The molecule has 0 aliphatic heterocycles. The highest BCUT2D eigenvalue weighted by Gasteiger charge is 2.19. The van der Waals surface area contributed by atoms with Gasteiger partial charge in [0.05, 0.1) is 0 Å². The molecular formula is C52H92O6. The van der Waals surface area contributed by atoms with Crippen LogP contribution in [0.1, 0.15) is 245 Å². The number of esters is 3. The molecule has 1 atom stereocenters. The summed E-state index contributed by atoms with van der Waals surface area (Å²) in [4.78, 5) is 37.7. The molecule has 0 fully saturated rings. The van der Waals surface area contributed by atoms with E-state index in [1.807, 2.05) is 0 Å². The van der Waals surface area contributed by atoms with E-state index in [-0.39, 0.29) is 31.1 Å². The van der Waals surface area contributed by atoms with Crippen LogP contribution in [0, 0.1) is 0 Å². The lowest BCUT2D eigenvalue weighted by atomic mass is 10.1. The summed E-state index contributed by atoms with van der Waals surface area (Å²) < 4.78 is 16.7. The minimum absolute atomic E-state index is 0.0806. The molecule has 0 N–H and O–H groups in total. The second-order valence-corrected chi connectivity index (χ2v) is 16.4. The van der Waals surface area contributed by atoms with Gasteiger partial charge in [-0.15, -0.1) is 0 Å². The van der Waals surface area contributed by atoms with Gasteiger partial charge in [0.2, 0.25) is 0 Å². The summed E-state index contributed by atoms with van der Waals surface area (Å²) in [6.07, 6.45) is 55.4. The van der Waals surface area contributed by atoms with Gasteiger partial charge in [-0.25, -0.2) is 0 Å². The molecule has 0 heterocycles. The van der Waals surface area contributed by atoms with Crippen LogP contribution in [-0.4, -0.2) is 37.2 Å². The summed E-state index contributed by atoms with van der Waals surface area (Å²) in [5.74, 6) is -0.909. The van der Waals surface area contributed by atoms with Crippen LogP contribution in [0.25, 0.3) is 0 Å². The molecule has 336 valence electrons.